The first kappa shape index (κ1) is 15.8. The second-order valence-electron chi connectivity index (χ2n) is 5.93. The highest BCUT2D eigenvalue weighted by Crippen LogP contribution is 2.32. The molecule has 6 nitrogen and oxygen atoms in total. The van der Waals surface area contributed by atoms with Gasteiger partial charge in [0.15, 0.2) is 5.03 Å². The highest BCUT2D eigenvalue weighted by atomic mass is 32.2. The summed E-state index contributed by atoms with van der Waals surface area (Å²) in [5.74, 6) is -0.305. The van der Waals surface area contributed by atoms with Gasteiger partial charge in [-0.15, -0.1) is 0 Å². The molecule has 1 aromatic heterocycles. The lowest BCUT2D eigenvalue weighted by Gasteiger charge is -2.15. The average Bonchev–Trinajstić information content (AvgIpc) is 3.02. The van der Waals surface area contributed by atoms with Crippen LogP contribution in [0.15, 0.2) is 35.4 Å². The van der Waals surface area contributed by atoms with Crippen molar-refractivity contribution in [2.75, 3.05) is 0 Å². The molecule has 0 spiro atoms. The summed E-state index contributed by atoms with van der Waals surface area (Å²) in [5.41, 5.74) is 3.86. The summed E-state index contributed by atoms with van der Waals surface area (Å²) in [4.78, 5) is 12.5. The molecule has 0 saturated heterocycles. The van der Waals surface area contributed by atoms with E-state index in [1.165, 1.54) is 34.9 Å². The Balaban J connectivity index is 1.84. The van der Waals surface area contributed by atoms with Crippen molar-refractivity contribution in [2.24, 2.45) is 12.2 Å². The van der Waals surface area contributed by atoms with Crippen molar-refractivity contribution in [2.45, 2.75) is 30.8 Å². The van der Waals surface area contributed by atoms with Gasteiger partial charge in [0.05, 0.1) is 6.04 Å². The minimum atomic E-state index is -3.84. The summed E-state index contributed by atoms with van der Waals surface area (Å²) in [6.07, 6.45) is 1.77. The Kier molecular flexibility index (Phi) is 3.77. The Morgan fingerprint density at radius 3 is 2.70 bits per heavy atom. The van der Waals surface area contributed by atoms with Crippen molar-refractivity contribution in [3.05, 3.63) is 52.7 Å². The molecule has 2 aromatic rings. The first-order valence-electron chi connectivity index (χ1n) is 7.36. The van der Waals surface area contributed by atoms with E-state index < -0.39 is 10.0 Å². The molecule has 7 heteroatoms. The van der Waals surface area contributed by atoms with E-state index in [-0.39, 0.29) is 22.7 Å². The summed E-state index contributed by atoms with van der Waals surface area (Å²) in [6, 6.07) is 8.99. The molecule has 1 aliphatic rings. The molecule has 0 radical (unpaired) electrons. The molecule has 23 heavy (non-hydrogen) atoms. The van der Waals surface area contributed by atoms with Crippen LogP contribution in [0.3, 0.4) is 0 Å². The topological polar surface area (TPSA) is 94.2 Å². The first-order valence-corrected chi connectivity index (χ1v) is 8.91. The van der Waals surface area contributed by atoms with Gasteiger partial charge in [-0.1, -0.05) is 23.8 Å². The van der Waals surface area contributed by atoms with Crippen LogP contribution in [0.25, 0.3) is 0 Å². The average molecular weight is 333 g/mol. The summed E-state index contributed by atoms with van der Waals surface area (Å²) in [6.45, 7) is 2.05. The van der Waals surface area contributed by atoms with E-state index in [2.05, 4.69) is 11.4 Å². The van der Waals surface area contributed by atoms with Crippen LogP contribution < -0.4 is 10.5 Å². The van der Waals surface area contributed by atoms with Crippen LogP contribution in [0.1, 0.15) is 39.6 Å². The molecule has 1 aromatic carbocycles. The number of aryl methyl sites for hydroxylation is 2. The van der Waals surface area contributed by atoms with Crippen LogP contribution in [0, 0.1) is 6.92 Å². The van der Waals surface area contributed by atoms with E-state index in [9.17, 15) is 13.2 Å². The summed E-state index contributed by atoms with van der Waals surface area (Å²) in [7, 11) is -2.33. The summed E-state index contributed by atoms with van der Waals surface area (Å²) >= 11 is 0. The van der Waals surface area contributed by atoms with Gasteiger partial charge in [0.25, 0.3) is 15.9 Å². The van der Waals surface area contributed by atoms with Gasteiger partial charge in [-0.3, -0.25) is 4.79 Å². The van der Waals surface area contributed by atoms with Gasteiger partial charge in [0, 0.05) is 7.05 Å². The predicted octanol–water partition coefficient (Wildman–Crippen LogP) is 1.40. The molecule has 1 atom stereocenters. The number of primary sulfonamides is 1. The largest absolute Gasteiger partial charge is 0.344 e. The fraction of sp³-hybridized carbons (Fsp3) is 0.312. The summed E-state index contributed by atoms with van der Waals surface area (Å²) in [5, 5.41) is 8.03. The number of fused-ring (bicyclic) bond motifs is 1. The minimum Gasteiger partial charge on any atom is -0.344 e. The van der Waals surface area contributed by atoms with E-state index in [1.54, 1.807) is 0 Å². The molecular formula is C16H19N3O3S. The SMILES string of the molecule is Cc1ccc2c(c1)CC[C@H]2NC(=O)c1ccc(S(N)(=O)=O)n1C. The standard InChI is InChI=1S/C16H19N3O3S/c1-10-3-5-12-11(9-10)4-6-13(12)18-16(20)14-7-8-15(19(14)2)23(17,21)22/h3,5,7-9,13H,4,6H2,1-2H3,(H,18,20)(H2,17,21,22)/t13-/m1/s1. The number of nitrogens with one attached hydrogen (secondary N) is 1. The maximum absolute atomic E-state index is 12.5. The molecule has 1 heterocycles. The van der Waals surface area contributed by atoms with Crippen LogP contribution >= 0.6 is 0 Å². The molecule has 122 valence electrons. The zero-order valence-corrected chi connectivity index (χ0v) is 13.9. The van der Waals surface area contributed by atoms with Crippen LogP contribution in [0.5, 0.6) is 0 Å². The maximum atomic E-state index is 12.5. The van der Waals surface area contributed by atoms with Crippen molar-refractivity contribution in [1.29, 1.82) is 0 Å². The molecular weight excluding hydrogens is 314 g/mol. The van der Waals surface area contributed by atoms with Crippen molar-refractivity contribution in [3.63, 3.8) is 0 Å². The lowest BCUT2D eigenvalue weighted by atomic mass is 10.1. The number of rotatable bonds is 3. The van der Waals surface area contributed by atoms with Crippen LogP contribution in [0.2, 0.25) is 0 Å². The van der Waals surface area contributed by atoms with Crippen molar-refractivity contribution in [3.8, 4) is 0 Å². The van der Waals surface area contributed by atoms with Gasteiger partial charge in [-0.2, -0.15) is 0 Å². The number of amides is 1. The minimum absolute atomic E-state index is 0.0501. The van der Waals surface area contributed by atoms with Crippen LogP contribution in [0.4, 0.5) is 0 Å². The van der Waals surface area contributed by atoms with Gasteiger partial charge in [-0.05, 0) is 43.0 Å². The number of nitrogens with two attached hydrogens (primary N) is 1. The van der Waals surface area contributed by atoms with E-state index in [1.807, 2.05) is 19.1 Å². The van der Waals surface area contributed by atoms with E-state index in [0.29, 0.717) is 0 Å². The van der Waals surface area contributed by atoms with E-state index in [0.717, 1.165) is 18.4 Å². The van der Waals surface area contributed by atoms with Gasteiger partial charge < -0.3 is 9.88 Å². The van der Waals surface area contributed by atoms with E-state index >= 15 is 0 Å². The maximum Gasteiger partial charge on any atom is 0.268 e. The number of hydrogen-bond acceptors (Lipinski definition) is 3. The fourth-order valence-electron chi connectivity index (χ4n) is 3.13. The molecule has 1 aliphatic carbocycles. The zero-order chi connectivity index (χ0) is 16.8. The third kappa shape index (κ3) is 2.89. The van der Waals surface area contributed by atoms with Crippen molar-refractivity contribution < 1.29 is 13.2 Å². The predicted molar refractivity (Wildman–Crippen MR) is 86.5 cm³/mol. The Morgan fingerprint density at radius 1 is 1.30 bits per heavy atom. The number of nitrogens with zero attached hydrogens (tertiary/aromatic N) is 1. The van der Waals surface area contributed by atoms with Gasteiger partial charge in [-0.25, -0.2) is 13.6 Å². The van der Waals surface area contributed by atoms with Gasteiger partial charge in [0.2, 0.25) is 0 Å². The lowest BCUT2D eigenvalue weighted by Crippen LogP contribution is -2.29. The molecule has 0 fully saturated rings. The Morgan fingerprint density at radius 2 is 2.04 bits per heavy atom. The van der Waals surface area contributed by atoms with Crippen molar-refractivity contribution >= 4 is 15.9 Å². The highest BCUT2D eigenvalue weighted by molar-refractivity contribution is 7.89. The number of sulfonamides is 1. The summed E-state index contributed by atoms with van der Waals surface area (Å²) < 4.78 is 24.2. The van der Waals surface area contributed by atoms with Crippen LogP contribution in [-0.2, 0) is 23.5 Å². The highest BCUT2D eigenvalue weighted by Gasteiger charge is 2.26. The smallest absolute Gasteiger partial charge is 0.268 e. The second-order valence-corrected chi connectivity index (χ2v) is 7.44. The first-order chi connectivity index (χ1) is 10.8. The Hall–Kier alpha value is -2.12. The third-order valence-electron chi connectivity index (χ3n) is 4.28. The normalized spacial score (nSPS) is 17.1. The molecule has 0 saturated carbocycles. The van der Waals surface area contributed by atoms with Crippen LogP contribution in [-0.4, -0.2) is 18.9 Å². The molecule has 1 amide bonds. The second kappa shape index (κ2) is 5.50. The number of hydrogen-bond donors (Lipinski definition) is 2. The van der Waals surface area contributed by atoms with Gasteiger partial charge >= 0.3 is 0 Å². The Labute approximate surface area is 135 Å². The molecule has 3 N–H and O–H groups in total. The van der Waals surface area contributed by atoms with E-state index in [4.69, 9.17) is 5.14 Å². The molecule has 0 aliphatic heterocycles. The molecule has 0 bridgehead atoms. The zero-order valence-electron chi connectivity index (χ0n) is 13.0. The number of carbonyl (C=O) groups is 1. The number of benzene rings is 1. The number of aromatic nitrogens is 1. The molecule has 3 rings (SSSR count). The third-order valence-corrected chi connectivity index (χ3v) is 5.27. The monoisotopic (exact) mass is 333 g/mol. The lowest BCUT2D eigenvalue weighted by molar-refractivity contribution is 0.0927. The fourth-order valence-corrected chi connectivity index (χ4v) is 3.87. The molecule has 0 unspecified atom stereocenters. The van der Waals surface area contributed by atoms with Gasteiger partial charge in [0.1, 0.15) is 5.69 Å². The Bertz CT molecular complexity index is 884. The number of carbonyl (C=O) groups excluding carboxylic acids is 1. The van der Waals surface area contributed by atoms with Crippen molar-refractivity contribution in [1.82, 2.24) is 9.88 Å². The quantitative estimate of drug-likeness (QED) is 0.889.